The Morgan fingerprint density at radius 3 is 3.00 bits per heavy atom. The molecule has 0 aliphatic rings. The summed E-state index contributed by atoms with van der Waals surface area (Å²) >= 11 is 3.38. The smallest absolute Gasteiger partial charge is 0.0410 e. The molecule has 0 radical (unpaired) electrons. The number of aromatic nitrogens is 1. The van der Waals surface area contributed by atoms with Gasteiger partial charge < -0.3 is 5.73 Å². The zero-order chi connectivity index (χ0) is 10.4. The minimum atomic E-state index is 0.270. The molecule has 76 valence electrons. The first kappa shape index (κ1) is 11.4. The SMILES string of the molecule is CCC(N)C/C=C/c1cncc(Br)c1. The van der Waals surface area contributed by atoms with Crippen LogP contribution >= 0.6 is 15.9 Å². The van der Waals surface area contributed by atoms with E-state index in [2.05, 4.69) is 33.9 Å². The third kappa shape index (κ3) is 4.03. The number of halogens is 1. The Balaban J connectivity index is 2.51. The second-order valence-electron chi connectivity index (χ2n) is 3.24. The molecule has 1 aromatic heterocycles. The molecule has 0 aliphatic carbocycles. The zero-order valence-corrected chi connectivity index (χ0v) is 9.87. The van der Waals surface area contributed by atoms with Crippen molar-refractivity contribution in [3.8, 4) is 0 Å². The summed E-state index contributed by atoms with van der Waals surface area (Å²) in [6.45, 7) is 2.10. The van der Waals surface area contributed by atoms with Crippen LogP contribution in [0.5, 0.6) is 0 Å². The summed E-state index contributed by atoms with van der Waals surface area (Å²) in [6, 6.07) is 2.30. The molecule has 0 aliphatic heterocycles. The lowest BCUT2D eigenvalue weighted by molar-refractivity contribution is 0.660. The predicted molar refractivity (Wildman–Crippen MR) is 63.9 cm³/mol. The lowest BCUT2D eigenvalue weighted by Gasteiger charge is -2.02. The molecule has 1 heterocycles. The number of nitrogens with zero attached hydrogens (tertiary/aromatic N) is 1. The van der Waals surface area contributed by atoms with E-state index in [1.54, 1.807) is 6.20 Å². The van der Waals surface area contributed by atoms with Gasteiger partial charge >= 0.3 is 0 Å². The molecule has 1 atom stereocenters. The molecule has 0 saturated heterocycles. The van der Waals surface area contributed by atoms with Gasteiger partial charge in [-0.05, 0) is 40.4 Å². The van der Waals surface area contributed by atoms with Crippen LogP contribution < -0.4 is 5.73 Å². The standard InChI is InChI=1S/C11H15BrN2/c1-2-11(13)5-3-4-9-6-10(12)8-14-7-9/h3-4,6-8,11H,2,5,13H2,1H3/b4-3+. The van der Waals surface area contributed by atoms with Gasteiger partial charge in [0.1, 0.15) is 0 Å². The summed E-state index contributed by atoms with van der Waals surface area (Å²) in [7, 11) is 0. The number of hydrogen-bond donors (Lipinski definition) is 1. The Hall–Kier alpha value is -0.670. The van der Waals surface area contributed by atoms with Crippen LogP contribution in [0.25, 0.3) is 6.08 Å². The Morgan fingerprint density at radius 1 is 1.57 bits per heavy atom. The summed E-state index contributed by atoms with van der Waals surface area (Å²) in [5.74, 6) is 0. The molecule has 0 fully saturated rings. The van der Waals surface area contributed by atoms with Crippen molar-refractivity contribution >= 4 is 22.0 Å². The molecule has 0 amide bonds. The van der Waals surface area contributed by atoms with Gasteiger partial charge in [0.2, 0.25) is 0 Å². The monoisotopic (exact) mass is 254 g/mol. The summed E-state index contributed by atoms with van der Waals surface area (Å²) in [5.41, 5.74) is 6.89. The summed E-state index contributed by atoms with van der Waals surface area (Å²) in [5, 5.41) is 0. The van der Waals surface area contributed by atoms with Crippen LogP contribution in [-0.2, 0) is 0 Å². The van der Waals surface area contributed by atoms with Gasteiger partial charge in [0.15, 0.2) is 0 Å². The first-order chi connectivity index (χ1) is 6.72. The predicted octanol–water partition coefficient (Wildman–Crippen LogP) is 2.98. The van der Waals surface area contributed by atoms with Gasteiger partial charge in [-0.15, -0.1) is 0 Å². The molecule has 14 heavy (non-hydrogen) atoms. The van der Waals surface area contributed by atoms with Crippen molar-refractivity contribution in [2.24, 2.45) is 5.73 Å². The fraction of sp³-hybridized carbons (Fsp3) is 0.364. The van der Waals surface area contributed by atoms with E-state index in [4.69, 9.17) is 5.73 Å². The quantitative estimate of drug-likeness (QED) is 0.898. The van der Waals surface area contributed by atoms with Crippen molar-refractivity contribution < 1.29 is 0 Å². The Bertz CT molecular complexity index is 310. The zero-order valence-electron chi connectivity index (χ0n) is 8.28. The van der Waals surface area contributed by atoms with Gasteiger partial charge in [0.25, 0.3) is 0 Å². The van der Waals surface area contributed by atoms with Crippen molar-refractivity contribution in [3.05, 3.63) is 34.6 Å². The molecule has 1 rings (SSSR count). The molecule has 1 unspecified atom stereocenters. The third-order valence-corrected chi connectivity index (χ3v) is 2.43. The van der Waals surface area contributed by atoms with Crippen LogP contribution in [0.3, 0.4) is 0 Å². The normalized spacial score (nSPS) is 13.4. The van der Waals surface area contributed by atoms with Crippen molar-refractivity contribution in [1.82, 2.24) is 4.98 Å². The first-order valence-corrected chi connectivity index (χ1v) is 5.54. The van der Waals surface area contributed by atoms with Crippen LogP contribution in [0.4, 0.5) is 0 Å². The van der Waals surface area contributed by atoms with Gasteiger partial charge in [-0.3, -0.25) is 4.98 Å². The number of hydrogen-bond acceptors (Lipinski definition) is 2. The first-order valence-electron chi connectivity index (χ1n) is 4.75. The summed E-state index contributed by atoms with van der Waals surface area (Å²) < 4.78 is 0.999. The van der Waals surface area contributed by atoms with Crippen LogP contribution in [0.2, 0.25) is 0 Å². The highest BCUT2D eigenvalue weighted by atomic mass is 79.9. The van der Waals surface area contributed by atoms with E-state index in [-0.39, 0.29) is 6.04 Å². The lowest BCUT2D eigenvalue weighted by atomic mass is 10.1. The van der Waals surface area contributed by atoms with E-state index in [0.717, 1.165) is 22.9 Å². The number of pyridine rings is 1. The molecule has 0 spiro atoms. The molecule has 0 saturated carbocycles. The fourth-order valence-corrected chi connectivity index (χ4v) is 1.45. The van der Waals surface area contributed by atoms with Crippen molar-refractivity contribution in [3.63, 3.8) is 0 Å². The van der Waals surface area contributed by atoms with E-state index < -0.39 is 0 Å². The average molecular weight is 255 g/mol. The van der Waals surface area contributed by atoms with E-state index >= 15 is 0 Å². The van der Waals surface area contributed by atoms with Gasteiger partial charge in [0, 0.05) is 22.9 Å². The van der Waals surface area contributed by atoms with Crippen molar-refractivity contribution in [2.75, 3.05) is 0 Å². The molecule has 2 N–H and O–H groups in total. The lowest BCUT2D eigenvalue weighted by Crippen LogP contribution is -2.16. The van der Waals surface area contributed by atoms with Crippen LogP contribution in [-0.4, -0.2) is 11.0 Å². The van der Waals surface area contributed by atoms with Crippen LogP contribution in [0, 0.1) is 0 Å². The number of nitrogens with two attached hydrogens (primary N) is 1. The Kier molecular flexibility index (Phi) is 4.84. The summed E-state index contributed by atoms with van der Waals surface area (Å²) in [4.78, 5) is 4.07. The maximum atomic E-state index is 5.79. The second-order valence-corrected chi connectivity index (χ2v) is 4.16. The van der Waals surface area contributed by atoms with E-state index in [0.29, 0.717) is 0 Å². The largest absolute Gasteiger partial charge is 0.327 e. The Morgan fingerprint density at radius 2 is 2.36 bits per heavy atom. The molecule has 3 heteroatoms. The second kappa shape index (κ2) is 5.94. The molecule has 1 aromatic rings. The van der Waals surface area contributed by atoms with E-state index in [1.807, 2.05) is 18.3 Å². The Labute approximate surface area is 93.4 Å². The topological polar surface area (TPSA) is 38.9 Å². The maximum Gasteiger partial charge on any atom is 0.0410 e. The van der Waals surface area contributed by atoms with Gasteiger partial charge in [-0.25, -0.2) is 0 Å². The minimum Gasteiger partial charge on any atom is -0.327 e. The van der Waals surface area contributed by atoms with Crippen LogP contribution in [0.1, 0.15) is 25.3 Å². The fourth-order valence-electron chi connectivity index (χ4n) is 1.07. The summed E-state index contributed by atoms with van der Waals surface area (Å²) in [6.07, 6.45) is 9.68. The maximum absolute atomic E-state index is 5.79. The molecule has 0 bridgehead atoms. The average Bonchev–Trinajstić information content (AvgIpc) is 2.17. The highest BCUT2D eigenvalue weighted by Gasteiger charge is 1.94. The van der Waals surface area contributed by atoms with Crippen molar-refractivity contribution in [1.29, 1.82) is 0 Å². The molecule has 0 aromatic carbocycles. The van der Waals surface area contributed by atoms with Gasteiger partial charge in [-0.2, -0.15) is 0 Å². The highest BCUT2D eigenvalue weighted by molar-refractivity contribution is 9.10. The highest BCUT2D eigenvalue weighted by Crippen LogP contribution is 2.11. The molecular formula is C11H15BrN2. The van der Waals surface area contributed by atoms with E-state index in [9.17, 15) is 0 Å². The van der Waals surface area contributed by atoms with Gasteiger partial charge in [-0.1, -0.05) is 19.1 Å². The van der Waals surface area contributed by atoms with Gasteiger partial charge in [0.05, 0.1) is 0 Å². The molecule has 2 nitrogen and oxygen atoms in total. The van der Waals surface area contributed by atoms with Crippen LogP contribution in [0.15, 0.2) is 29.0 Å². The van der Waals surface area contributed by atoms with Crippen molar-refractivity contribution in [2.45, 2.75) is 25.8 Å². The number of rotatable bonds is 4. The molecular weight excluding hydrogens is 240 g/mol. The van der Waals surface area contributed by atoms with E-state index in [1.165, 1.54) is 0 Å². The third-order valence-electron chi connectivity index (χ3n) is 2.00. The minimum absolute atomic E-state index is 0.270.